The number of nitrogens with zero attached hydrogens (tertiary/aromatic N) is 2. The van der Waals surface area contributed by atoms with Gasteiger partial charge in [-0.1, -0.05) is 29.8 Å². The number of methoxy groups -OCH3 is 2. The molecule has 10 heteroatoms. The van der Waals surface area contributed by atoms with Crippen molar-refractivity contribution in [3.05, 3.63) is 59.7 Å². The van der Waals surface area contributed by atoms with Crippen LogP contribution >= 0.6 is 0 Å². The van der Waals surface area contributed by atoms with Crippen LogP contribution in [-0.2, 0) is 19.2 Å². The number of rotatable bonds is 4. The van der Waals surface area contributed by atoms with Crippen LogP contribution < -0.4 is 14.4 Å². The summed E-state index contributed by atoms with van der Waals surface area (Å²) in [7, 11) is 2.88. The highest BCUT2D eigenvalue weighted by Crippen LogP contribution is 2.65. The predicted molar refractivity (Wildman–Crippen MR) is 136 cm³/mol. The predicted octanol–water partition coefficient (Wildman–Crippen LogP) is 3.03. The number of aromatic hydroxyl groups is 1. The summed E-state index contributed by atoms with van der Waals surface area (Å²) in [4.78, 5) is 55.3. The molecule has 2 aliphatic carbocycles. The number of anilines is 1. The van der Waals surface area contributed by atoms with Crippen LogP contribution in [0.3, 0.4) is 0 Å². The third-order valence-electron chi connectivity index (χ3n) is 9.10. The van der Waals surface area contributed by atoms with Crippen LogP contribution in [0, 0.1) is 29.1 Å². The Kier molecular flexibility index (Phi) is 5.58. The van der Waals surface area contributed by atoms with Crippen LogP contribution in [0.2, 0.25) is 0 Å². The molecule has 0 spiro atoms. The van der Waals surface area contributed by atoms with Gasteiger partial charge in [-0.25, -0.2) is 4.90 Å². The number of allylic oxidation sites excluding steroid dienone is 2. The number of benzene rings is 2. The molecule has 2 aromatic rings. The van der Waals surface area contributed by atoms with Gasteiger partial charge in [0.05, 0.1) is 43.1 Å². The third-order valence-corrected chi connectivity index (χ3v) is 9.10. The van der Waals surface area contributed by atoms with Crippen LogP contribution in [0.25, 0.3) is 0 Å². The molecule has 2 aliphatic heterocycles. The number of carbonyl (C=O) groups is 4. The van der Waals surface area contributed by atoms with Crippen molar-refractivity contribution in [2.75, 3.05) is 19.1 Å². The quantitative estimate of drug-likeness (QED) is 0.349. The van der Waals surface area contributed by atoms with E-state index in [9.17, 15) is 29.5 Å². The normalized spacial score (nSPS) is 31.6. The lowest BCUT2D eigenvalue weighted by Gasteiger charge is -2.49. The second-order valence-corrected chi connectivity index (χ2v) is 10.7. The molecule has 6 rings (SSSR count). The highest BCUT2D eigenvalue weighted by Gasteiger charge is 2.68. The summed E-state index contributed by atoms with van der Waals surface area (Å²) < 4.78 is 11.0. The first-order chi connectivity index (χ1) is 18.6. The minimum Gasteiger partial charge on any atom is -0.507 e. The second kappa shape index (κ2) is 8.67. The Bertz CT molecular complexity index is 1450. The molecule has 6 unspecified atom stereocenters. The molecule has 1 saturated carbocycles. The van der Waals surface area contributed by atoms with E-state index >= 15 is 0 Å². The zero-order chi connectivity index (χ0) is 27.8. The molecule has 2 heterocycles. The lowest BCUT2D eigenvalue weighted by Crippen LogP contribution is -2.49. The summed E-state index contributed by atoms with van der Waals surface area (Å²) in [6.45, 7) is 1.72. The maximum absolute atomic E-state index is 14.3. The number of hydrogen-bond acceptors (Lipinski definition) is 8. The van der Waals surface area contributed by atoms with E-state index in [4.69, 9.17) is 9.47 Å². The van der Waals surface area contributed by atoms with Crippen LogP contribution in [0.15, 0.2) is 54.1 Å². The molecule has 0 aromatic heterocycles. The van der Waals surface area contributed by atoms with E-state index in [1.807, 2.05) is 6.08 Å². The molecule has 2 aromatic carbocycles. The van der Waals surface area contributed by atoms with Gasteiger partial charge in [-0.2, -0.15) is 5.06 Å². The Morgan fingerprint density at radius 2 is 1.67 bits per heavy atom. The fourth-order valence-electron chi connectivity index (χ4n) is 7.29. The van der Waals surface area contributed by atoms with Crippen molar-refractivity contribution in [2.45, 2.75) is 25.7 Å². The van der Waals surface area contributed by atoms with Gasteiger partial charge in [0.2, 0.25) is 11.8 Å². The number of imide groups is 2. The highest BCUT2D eigenvalue weighted by atomic mass is 16.5. The van der Waals surface area contributed by atoms with Crippen LogP contribution in [0.5, 0.6) is 17.2 Å². The zero-order valence-electron chi connectivity index (χ0n) is 21.7. The maximum atomic E-state index is 14.3. The van der Waals surface area contributed by atoms with E-state index in [2.05, 4.69) is 0 Å². The fraction of sp³-hybridized carbons (Fsp3) is 0.379. The molecule has 0 radical (unpaired) electrons. The molecule has 3 fully saturated rings. The van der Waals surface area contributed by atoms with Gasteiger partial charge in [-0.05, 0) is 37.8 Å². The van der Waals surface area contributed by atoms with Crippen molar-refractivity contribution in [2.24, 2.45) is 29.1 Å². The highest BCUT2D eigenvalue weighted by molar-refractivity contribution is 6.24. The third kappa shape index (κ3) is 3.24. The molecule has 6 atom stereocenters. The summed E-state index contributed by atoms with van der Waals surface area (Å²) in [5, 5.41) is 21.7. The molecule has 0 bridgehead atoms. The summed E-state index contributed by atoms with van der Waals surface area (Å²) in [6.07, 6.45) is 2.15. The molecule has 4 amide bonds. The van der Waals surface area contributed by atoms with E-state index in [1.54, 1.807) is 43.3 Å². The van der Waals surface area contributed by atoms with E-state index in [0.717, 1.165) is 0 Å². The van der Waals surface area contributed by atoms with Crippen LogP contribution in [-0.4, -0.2) is 53.2 Å². The number of phenolic OH excluding ortho intramolecular Hbond substituents is 1. The smallest absolute Gasteiger partial charge is 0.257 e. The number of para-hydroxylation sites is 1. The number of hydrogen-bond donors (Lipinski definition) is 2. The van der Waals surface area contributed by atoms with Crippen molar-refractivity contribution < 1.29 is 39.0 Å². The average Bonchev–Trinajstić information content (AvgIpc) is 3.28. The number of carbonyl (C=O) groups excluding carboxylic acids is 4. The monoisotopic (exact) mass is 532 g/mol. The molecule has 4 aliphatic rings. The topological polar surface area (TPSA) is 134 Å². The summed E-state index contributed by atoms with van der Waals surface area (Å²) in [6, 6.07) is 11.6. The average molecular weight is 533 g/mol. The first kappa shape index (κ1) is 25.1. The van der Waals surface area contributed by atoms with Gasteiger partial charge in [0.1, 0.15) is 17.2 Å². The standard InChI is InChI=1S/C29H28N2O8/c1-29-19(26(34)30(28(29)36)14-7-5-4-6-8-14)13-18-16(9-10-17-22(18)27(35)31(37)25(17)33)24(29)23-20(32)11-15(38-2)12-21(23)39-3/h4-9,11-12,17-19,22,24,32,37H,10,13H2,1-3H3. The summed E-state index contributed by atoms with van der Waals surface area (Å²) in [5.74, 6) is -5.78. The van der Waals surface area contributed by atoms with Crippen molar-refractivity contribution in [1.29, 1.82) is 0 Å². The van der Waals surface area contributed by atoms with E-state index in [0.29, 0.717) is 22.6 Å². The van der Waals surface area contributed by atoms with Crippen LogP contribution in [0.1, 0.15) is 31.2 Å². The Morgan fingerprint density at radius 1 is 0.949 bits per heavy atom. The maximum Gasteiger partial charge on any atom is 0.257 e. The Morgan fingerprint density at radius 3 is 2.33 bits per heavy atom. The lowest BCUT2D eigenvalue weighted by molar-refractivity contribution is -0.173. The minimum absolute atomic E-state index is 0.139. The molecular formula is C29H28N2O8. The largest absolute Gasteiger partial charge is 0.507 e. The van der Waals surface area contributed by atoms with E-state index in [-0.39, 0.29) is 29.4 Å². The van der Waals surface area contributed by atoms with Gasteiger partial charge < -0.3 is 14.6 Å². The lowest BCUT2D eigenvalue weighted by atomic mass is 9.51. The number of amides is 4. The van der Waals surface area contributed by atoms with Gasteiger partial charge in [0.15, 0.2) is 0 Å². The zero-order valence-corrected chi connectivity index (χ0v) is 21.7. The second-order valence-electron chi connectivity index (χ2n) is 10.7. The Balaban J connectivity index is 1.59. The molecule has 39 heavy (non-hydrogen) atoms. The number of fused-ring (bicyclic) bond motifs is 4. The first-order valence-corrected chi connectivity index (χ1v) is 12.8. The van der Waals surface area contributed by atoms with E-state index in [1.165, 1.54) is 25.2 Å². The summed E-state index contributed by atoms with van der Waals surface area (Å²) >= 11 is 0. The van der Waals surface area contributed by atoms with Gasteiger partial charge >= 0.3 is 0 Å². The molecule has 2 saturated heterocycles. The van der Waals surface area contributed by atoms with Crippen molar-refractivity contribution in [3.8, 4) is 17.2 Å². The molecule has 10 nitrogen and oxygen atoms in total. The molecular weight excluding hydrogens is 504 g/mol. The SMILES string of the molecule is COc1cc(O)c(C2C3=CCC4C(=O)N(O)C(=O)C4C3CC3C(=O)N(c4ccccc4)C(=O)C32C)c(OC)c1. The van der Waals surface area contributed by atoms with Gasteiger partial charge in [-0.3, -0.25) is 24.4 Å². The van der Waals surface area contributed by atoms with Crippen molar-refractivity contribution in [1.82, 2.24) is 5.06 Å². The number of ether oxygens (including phenoxy) is 2. The number of hydroxylamine groups is 2. The van der Waals surface area contributed by atoms with E-state index < -0.39 is 58.6 Å². The van der Waals surface area contributed by atoms with Gasteiger partial charge in [0, 0.05) is 23.6 Å². The van der Waals surface area contributed by atoms with Gasteiger partial charge in [-0.15, -0.1) is 0 Å². The van der Waals surface area contributed by atoms with Gasteiger partial charge in [0.25, 0.3) is 11.8 Å². The van der Waals surface area contributed by atoms with Crippen molar-refractivity contribution >= 4 is 29.3 Å². The Hall–Kier alpha value is -4.18. The fourth-order valence-corrected chi connectivity index (χ4v) is 7.29. The molecule has 202 valence electrons. The van der Waals surface area contributed by atoms with Crippen molar-refractivity contribution in [3.63, 3.8) is 0 Å². The first-order valence-electron chi connectivity index (χ1n) is 12.8. The Labute approximate surface area is 224 Å². The number of phenols is 1. The minimum atomic E-state index is -1.34. The van der Waals surface area contributed by atoms with Crippen LogP contribution in [0.4, 0.5) is 5.69 Å². The summed E-state index contributed by atoms with van der Waals surface area (Å²) in [5.41, 5.74) is 0.0536. The molecule has 2 N–H and O–H groups in total.